The van der Waals surface area contributed by atoms with Crippen LogP contribution >= 0.6 is 11.6 Å². The lowest BCUT2D eigenvalue weighted by Crippen LogP contribution is -2.31. The number of anilines is 1. The summed E-state index contributed by atoms with van der Waals surface area (Å²) < 4.78 is 30.8. The summed E-state index contributed by atoms with van der Waals surface area (Å²) in [5.74, 6) is 0. The van der Waals surface area contributed by atoms with Gasteiger partial charge in [-0.05, 0) is 95.3 Å². The van der Waals surface area contributed by atoms with Gasteiger partial charge in [-0.3, -0.25) is 4.31 Å². The normalized spacial score (nSPS) is 13.2. The van der Waals surface area contributed by atoms with Gasteiger partial charge in [-0.15, -0.1) is 5.10 Å². The molecule has 7 nitrogen and oxygen atoms in total. The molecule has 0 N–H and O–H groups in total. The largest absolute Gasteiger partial charge is 0.264 e. The predicted molar refractivity (Wildman–Crippen MR) is 127 cm³/mol. The molecule has 5 rings (SSSR count). The van der Waals surface area contributed by atoms with Crippen LogP contribution in [0.4, 0.5) is 5.69 Å². The second kappa shape index (κ2) is 8.61. The molecule has 1 aromatic heterocycles. The molecule has 0 bridgehead atoms. The van der Waals surface area contributed by atoms with Crippen LogP contribution in [0.15, 0.2) is 71.9 Å². The molecule has 0 radical (unpaired) electrons. The zero-order chi connectivity index (χ0) is 23.0. The molecule has 0 fully saturated rings. The first-order chi connectivity index (χ1) is 15.9. The van der Waals surface area contributed by atoms with Crippen LogP contribution < -0.4 is 4.31 Å². The van der Waals surface area contributed by atoms with Crippen LogP contribution in [0.2, 0.25) is 5.02 Å². The highest BCUT2D eigenvalue weighted by Gasteiger charge is 2.27. The Morgan fingerprint density at radius 3 is 2.61 bits per heavy atom. The van der Waals surface area contributed by atoms with Crippen molar-refractivity contribution in [2.24, 2.45) is 0 Å². The van der Waals surface area contributed by atoms with E-state index in [1.807, 2.05) is 43.3 Å². The zero-order valence-corrected chi connectivity index (χ0v) is 19.6. The number of aromatic nitrogens is 4. The highest BCUT2D eigenvalue weighted by Crippen LogP contribution is 2.33. The zero-order valence-electron chi connectivity index (χ0n) is 18.0. The Hall–Kier alpha value is -3.23. The highest BCUT2D eigenvalue weighted by atomic mass is 35.5. The number of aryl methyl sites for hydroxylation is 3. The van der Waals surface area contributed by atoms with Crippen molar-refractivity contribution in [2.45, 2.75) is 37.6 Å². The standard InChI is InChI=1S/C24H22ClN5O2S/c1-17-13-22(11-12-24(17)29-16-26-27-28-29)33(31,32)30(15-20-5-2-3-8-23(20)25)21-10-9-18-6-4-7-19(18)14-21/h2-3,5,8-14,16H,4,6-7,15H2,1H3. The fourth-order valence-corrected chi connectivity index (χ4v) is 5.97. The summed E-state index contributed by atoms with van der Waals surface area (Å²) in [4.78, 5) is 0.198. The van der Waals surface area contributed by atoms with Crippen molar-refractivity contribution in [3.63, 3.8) is 0 Å². The van der Waals surface area contributed by atoms with Crippen LogP contribution in [0, 0.1) is 6.92 Å². The van der Waals surface area contributed by atoms with E-state index < -0.39 is 10.0 Å². The molecule has 168 valence electrons. The molecule has 0 saturated carbocycles. The van der Waals surface area contributed by atoms with E-state index in [4.69, 9.17) is 11.6 Å². The first-order valence-corrected chi connectivity index (χ1v) is 12.5. The minimum Gasteiger partial charge on any atom is -0.262 e. The molecule has 33 heavy (non-hydrogen) atoms. The van der Waals surface area contributed by atoms with Gasteiger partial charge in [0.1, 0.15) is 6.33 Å². The number of hydrogen-bond acceptors (Lipinski definition) is 5. The maximum atomic E-state index is 13.9. The topological polar surface area (TPSA) is 81.0 Å². The Kier molecular flexibility index (Phi) is 5.64. The van der Waals surface area contributed by atoms with Crippen LogP contribution in [0.1, 0.15) is 28.7 Å². The fourth-order valence-electron chi connectivity index (χ4n) is 4.25. The van der Waals surface area contributed by atoms with Crippen molar-refractivity contribution in [3.8, 4) is 5.69 Å². The summed E-state index contributed by atoms with van der Waals surface area (Å²) in [7, 11) is -3.88. The van der Waals surface area contributed by atoms with Crippen molar-refractivity contribution in [2.75, 3.05) is 4.31 Å². The van der Waals surface area contributed by atoms with Gasteiger partial charge in [0.05, 0.1) is 22.8 Å². The first-order valence-electron chi connectivity index (χ1n) is 10.7. The highest BCUT2D eigenvalue weighted by molar-refractivity contribution is 7.92. The summed E-state index contributed by atoms with van der Waals surface area (Å²) in [5.41, 5.74) is 5.33. The van der Waals surface area contributed by atoms with Gasteiger partial charge in [-0.25, -0.2) is 13.1 Å². The Bertz CT molecular complexity index is 1420. The molecule has 0 saturated heterocycles. The number of tetrazole rings is 1. The molecule has 1 heterocycles. The van der Waals surface area contributed by atoms with Crippen LogP contribution in [0.25, 0.3) is 5.69 Å². The third kappa shape index (κ3) is 4.12. The molecule has 1 aliphatic carbocycles. The molecule has 1 aliphatic rings. The lowest BCUT2D eigenvalue weighted by atomic mass is 10.1. The van der Waals surface area contributed by atoms with Crippen LogP contribution in [-0.2, 0) is 29.4 Å². The van der Waals surface area contributed by atoms with E-state index in [9.17, 15) is 8.42 Å². The summed E-state index contributed by atoms with van der Waals surface area (Å²) in [5, 5.41) is 11.7. The minimum absolute atomic E-state index is 0.134. The van der Waals surface area contributed by atoms with E-state index in [1.54, 1.807) is 24.3 Å². The number of sulfonamides is 1. The average molecular weight is 480 g/mol. The first kappa shape index (κ1) is 21.6. The van der Waals surface area contributed by atoms with Gasteiger partial charge in [0.25, 0.3) is 10.0 Å². The van der Waals surface area contributed by atoms with Gasteiger partial charge in [0.2, 0.25) is 0 Å². The number of fused-ring (bicyclic) bond motifs is 1. The molecule has 0 atom stereocenters. The van der Waals surface area contributed by atoms with Gasteiger partial charge < -0.3 is 0 Å². The number of benzene rings is 3. The lowest BCUT2D eigenvalue weighted by Gasteiger charge is -2.26. The molecule has 0 spiro atoms. The van der Waals surface area contributed by atoms with Crippen molar-refractivity contribution >= 4 is 27.3 Å². The van der Waals surface area contributed by atoms with Gasteiger partial charge >= 0.3 is 0 Å². The molecular weight excluding hydrogens is 458 g/mol. The molecule has 4 aromatic rings. The monoisotopic (exact) mass is 479 g/mol. The van der Waals surface area contributed by atoms with Crippen LogP contribution in [0.3, 0.4) is 0 Å². The molecular formula is C24H22ClN5O2S. The van der Waals surface area contributed by atoms with E-state index in [-0.39, 0.29) is 11.4 Å². The van der Waals surface area contributed by atoms with E-state index in [1.165, 1.54) is 26.4 Å². The van der Waals surface area contributed by atoms with Gasteiger partial charge in [-0.2, -0.15) is 0 Å². The summed E-state index contributed by atoms with van der Waals surface area (Å²) in [6, 6.07) is 18.2. The Balaban J connectivity index is 1.59. The third-order valence-corrected chi connectivity index (χ3v) is 8.13. The Labute approximate surface area is 197 Å². The molecule has 3 aromatic carbocycles. The van der Waals surface area contributed by atoms with Gasteiger partial charge in [-0.1, -0.05) is 35.9 Å². The Morgan fingerprint density at radius 2 is 1.85 bits per heavy atom. The molecule has 0 unspecified atom stereocenters. The van der Waals surface area contributed by atoms with Gasteiger partial charge in [0, 0.05) is 5.02 Å². The number of halogens is 1. The second-order valence-corrected chi connectivity index (χ2v) is 10.4. The minimum atomic E-state index is -3.88. The SMILES string of the molecule is Cc1cc(S(=O)(=O)N(Cc2ccccc2Cl)c2ccc3c(c2)CCC3)ccc1-n1cnnn1. The van der Waals surface area contributed by atoms with Crippen LogP contribution in [0.5, 0.6) is 0 Å². The van der Waals surface area contributed by atoms with Gasteiger partial charge in [0.15, 0.2) is 0 Å². The second-order valence-electron chi connectivity index (χ2n) is 8.11. The average Bonchev–Trinajstić information content (AvgIpc) is 3.50. The van der Waals surface area contributed by atoms with E-state index >= 15 is 0 Å². The predicted octanol–water partition coefficient (Wildman–Crippen LogP) is 4.51. The van der Waals surface area contributed by atoms with Crippen molar-refractivity contribution in [1.29, 1.82) is 0 Å². The fraction of sp³-hybridized carbons (Fsp3) is 0.208. The molecule has 0 aliphatic heterocycles. The van der Waals surface area contributed by atoms with E-state index in [0.29, 0.717) is 16.4 Å². The number of rotatable bonds is 6. The van der Waals surface area contributed by atoms with Crippen molar-refractivity contribution in [3.05, 3.63) is 94.3 Å². The van der Waals surface area contributed by atoms with Crippen LogP contribution in [-0.4, -0.2) is 28.6 Å². The number of nitrogens with zero attached hydrogens (tertiary/aromatic N) is 5. The molecule has 0 amide bonds. The smallest absolute Gasteiger partial charge is 0.262 e. The maximum absolute atomic E-state index is 13.9. The van der Waals surface area contributed by atoms with Crippen molar-refractivity contribution in [1.82, 2.24) is 20.2 Å². The van der Waals surface area contributed by atoms with Crippen molar-refractivity contribution < 1.29 is 8.42 Å². The summed E-state index contributed by atoms with van der Waals surface area (Å²) in [6.45, 7) is 1.97. The number of hydrogen-bond donors (Lipinski definition) is 0. The summed E-state index contributed by atoms with van der Waals surface area (Å²) in [6.07, 6.45) is 4.56. The molecule has 9 heteroatoms. The maximum Gasteiger partial charge on any atom is 0.264 e. The summed E-state index contributed by atoms with van der Waals surface area (Å²) >= 11 is 6.41. The third-order valence-electron chi connectivity index (χ3n) is 5.99. The Morgan fingerprint density at radius 1 is 1.03 bits per heavy atom. The van der Waals surface area contributed by atoms with E-state index in [2.05, 4.69) is 15.5 Å². The lowest BCUT2D eigenvalue weighted by molar-refractivity contribution is 0.590. The quantitative estimate of drug-likeness (QED) is 0.406. The van der Waals surface area contributed by atoms with E-state index in [0.717, 1.165) is 30.4 Å².